The second-order valence-electron chi connectivity index (χ2n) is 4.74. The Labute approximate surface area is 120 Å². The maximum atomic E-state index is 12.2. The quantitative estimate of drug-likeness (QED) is 0.648. The van der Waals surface area contributed by atoms with Crippen molar-refractivity contribution < 1.29 is 19.8 Å². The summed E-state index contributed by atoms with van der Waals surface area (Å²) in [5.74, 6) is -1.95. The number of aromatic amines is 1. The fraction of sp³-hybridized carbons (Fsp3) is 0.214. The van der Waals surface area contributed by atoms with Crippen molar-refractivity contribution in [3.63, 3.8) is 0 Å². The van der Waals surface area contributed by atoms with Gasteiger partial charge in [0.1, 0.15) is 0 Å². The average molecular weight is 289 g/mol. The number of rotatable bonds is 5. The number of hydrogen-bond donors (Lipinski definition) is 4. The predicted molar refractivity (Wildman–Crippen MR) is 73.9 cm³/mol. The zero-order valence-corrected chi connectivity index (χ0v) is 11.3. The van der Waals surface area contributed by atoms with Crippen molar-refractivity contribution in [3.8, 4) is 0 Å². The Kier molecular flexibility index (Phi) is 4.04. The fourth-order valence-corrected chi connectivity index (χ4v) is 1.95. The first-order valence-corrected chi connectivity index (χ1v) is 6.23. The van der Waals surface area contributed by atoms with E-state index in [4.69, 9.17) is 5.11 Å². The third-order valence-corrected chi connectivity index (χ3v) is 3.18. The highest BCUT2D eigenvalue weighted by molar-refractivity contribution is 6.02. The zero-order chi connectivity index (χ0) is 15.5. The van der Waals surface area contributed by atoms with Crippen molar-refractivity contribution in [3.05, 3.63) is 53.6 Å². The van der Waals surface area contributed by atoms with Crippen LogP contribution in [0.4, 0.5) is 0 Å². The van der Waals surface area contributed by atoms with E-state index in [-0.39, 0.29) is 18.0 Å². The lowest BCUT2D eigenvalue weighted by molar-refractivity contribution is 0.0681. The molecule has 0 saturated carbocycles. The highest BCUT2D eigenvalue weighted by Gasteiger charge is 2.30. The van der Waals surface area contributed by atoms with Crippen LogP contribution in [0.1, 0.15) is 33.5 Å². The molecule has 0 aliphatic heterocycles. The smallest absolute Gasteiger partial charge is 0.354 e. The summed E-state index contributed by atoms with van der Waals surface area (Å²) in [5.41, 5.74) is -0.847. The molecule has 1 amide bonds. The highest BCUT2D eigenvalue weighted by Crippen LogP contribution is 2.20. The van der Waals surface area contributed by atoms with E-state index in [2.05, 4.69) is 15.3 Å². The molecule has 1 atom stereocenters. The Bertz CT molecular complexity index is 653. The Hall–Kier alpha value is -2.67. The van der Waals surface area contributed by atoms with Crippen LogP contribution in [0, 0.1) is 0 Å². The minimum atomic E-state index is -1.27. The number of aliphatic hydroxyl groups excluding tert-OH is 1. The summed E-state index contributed by atoms with van der Waals surface area (Å²) in [6.45, 7) is 1.31. The summed E-state index contributed by atoms with van der Waals surface area (Å²) < 4.78 is 0. The molecule has 2 rings (SSSR count). The molecule has 110 valence electrons. The van der Waals surface area contributed by atoms with Gasteiger partial charge in [-0.05, 0) is 12.5 Å². The van der Waals surface area contributed by atoms with Gasteiger partial charge in [0.25, 0.3) is 5.91 Å². The Morgan fingerprint density at radius 3 is 2.57 bits per heavy atom. The number of nitrogens with zero attached hydrogens (tertiary/aromatic N) is 1. The van der Waals surface area contributed by atoms with Crippen LogP contribution in [0.5, 0.6) is 0 Å². The first-order valence-electron chi connectivity index (χ1n) is 6.23. The van der Waals surface area contributed by atoms with E-state index < -0.39 is 17.4 Å². The number of benzene rings is 1. The molecule has 0 spiro atoms. The number of carboxylic acid groups (broad SMARTS) is 1. The van der Waals surface area contributed by atoms with Crippen LogP contribution in [-0.4, -0.2) is 38.7 Å². The van der Waals surface area contributed by atoms with Gasteiger partial charge in [0.2, 0.25) is 0 Å². The number of amides is 1. The molecule has 0 aliphatic rings. The molecule has 0 bridgehead atoms. The van der Waals surface area contributed by atoms with Gasteiger partial charge in [-0.25, -0.2) is 9.78 Å². The minimum Gasteiger partial charge on any atom is -0.477 e. The predicted octanol–water partition coefficient (Wildman–Crippen LogP) is 0.745. The topological polar surface area (TPSA) is 115 Å². The van der Waals surface area contributed by atoms with Crippen LogP contribution in [0.3, 0.4) is 0 Å². The molecule has 1 aromatic heterocycles. The molecule has 0 saturated heterocycles. The van der Waals surface area contributed by atoms with Crippen LogP contribution in [0.15, 0.2) is 36.7 Å². The first-order chi connectivity index (χ1) is 9.98. The monoisotopic (exact) mass is 289 g/mol. The first kappa shape index (κ1) is 14.7. The van der Waals surface area contributed by atoms with Gasteiger partial charge in [-0.2, -0.15) is 0 Å². The van der Waals surface area contributed by atoms with Crippen LogP contribution < -0.4 is 5.32 Å². The summed E-state index contributed by atoms with van der Waals surface area (Å²) >= 11 is 0. The molecule has 2 aromatic rings. The SMILES string of the molecule is CC(CO)(NC(=O)c1nc[nH]c1C(=O)O)c1ccccc1. The third-order valence-electron chi connectivity index (χ3n) is 3.18. The van der Waals surface area contributed by atoms with Crippen LogP contribution in [-0.2, 0) is 5.54 Å². The van der Waals surface area contributed by atoms with Gasteiger partial charge in [-0.15, -0.1) is 0 Å². The lowest BCUT2D eigenvalue weighted by atomic mass is 9.92. The molecular formula is C14H15N3O4. The van der Waals surface area contributed by atoms with E-state index >= 15 is 0 Å². The van der Waals surface area contributed by atoms with Crippen LogP contribution in [0.25, 0.3) is 0 Å². The number of aromatic carboxylic acids is 1. The van der Waals surface area contributed by atoms with Gasteiger partial charge in [0.05, 0.1) is 18.5 Å². The Balaban J connectivity index is 2.28. The third kappa shape index (κ3) is 2.92. The molecule has 7 heteroatoms. The van der Waals surface area contributed by atoms with Gasteiger partial charge in [0, 0.05) is 0 Å². The van der Waals surface area contributed by atoms with E-state index in [0.717, 1.165) is 6.33 Å². The number of carboxylic acids is 1. The second-order valence-corrected chi connectivity index (χ2v) is 4.74. The summed E-state index contributed by atoms with van der Waals surface area (Å²) in [6.07, 6.45) is 1.14. The fourth-order valence-electron chi connectivity index (χ4n) is 1.95. The van der Waals surface area contributed by atoms with E-state index in [1.165, 1.54) is 0 Å². The standard InChI is InChI=1S/C14H15N3O4/c1-14(7-18,9-5-3-2-4-6-9)17-12(19)10-11(13(20)21)16-8-15-10/h2-6,8,18H,7H2,1H3,(H,15,16)(H,17,19)(H,20,21). The van der Waals surface area contributed by atoms with Gasteiger partial charge >= 0.3 is 5.97 Å². The minimum absolute atomic E-state index is 0.224. The van der Waals surface area contributed by atoms with Gasteiger partial charge in [0.15, 0.2) is 11.4 Å². The van der Waals surface area contributed by atoms with Crippen molar-refractivity contribution in [1.29, 1.82) is 0 Å². The van der Waals surface area contributed by atoms with Gasteiger partial charge < -0.3 is 20.5 Å². The molecule has 1 unspecified atom stereocenters. The van der Waals surface area contributed by atoms with Crippen LogP contribution in [0.2, 0.25) is 0 Å². The molecule has 1 aromatic carbocycles. The number of carbonyl (C=O) groups is 2. The van der Waals surface area contributed by atoms with E-state index in [0.29, 0.717) is 5.56 Å². The van der Waals surface area contributed by atoms with Crippen molar-refractivity contribution in [2.24, 2.45) is 0 Å². The van der Waals surface area contributed by atoms with E-state index in [1.54, 1.807) is 31.2 Å². The largest absolute Gasteiger partial charge is 0.477 e. The van der Waals surface area contributed by atoms with Crippen molar-refractivity contribution in [1.82, 2.24) is 15.3 Å². The number of imidazole rings is 1. The summed E-state index contributed by atoms with van der Waals surface area (Å²) in [5, 5.41) is 21.2. The average Bonchev–Trinajstić information content (AvgIpc) is 2.98. The van der Waals surface area contributed by atoms with E-state index in [1.807, 2.05) is 6.07 Å². The zero-order valence-electron chi connectivity index (χ0n) is 11.3. The van der Waals surface area contributed by atoms with Crippen molar-refractivity contribution in [2.45, 2.75) is 12.5 Å². The number of hydrogen-bond acceptors (Lipinski definition) is 4. The lowest BCUT2D eigenvalue weighted by Crippen LogP contribution is -2.46. The van der Waals surface area contributed by atoms with Crippen LogP contribution >= 0.6 is 0 Å². The number of aliphatic hydroxyl groups is 1. The summed E-state index contributed by atoms with van der Waals surface area (Å²) in [6, 6.07) is 8.91. The Morgan fingerprint density at radius 2 is 2.00 bits per heavy atom. The van der Waals surface area contributed by atoms with Crippen molar-refractivity contribution >= 4 is 11.9 Å². The molecule has 7 nitrogen and oxygen atoms in total. The second kappa shape index (κ2) is 5.76. The highest BCUT2D eigenvalue weighted by atomic mass is 16.4. The summed E-state index contributed by atoms with van der Waals surface area (Å²) in [7, 11) is 0. The molecule has 0 radical (unpaired) electrons. The van der Waals surface area contributed by atoms with E-state index in [9.17, 15) is 14.7 Å². The lowest BCUT2D eigenvalue weighted by Gasteiger charge is -2.29. The molecule has 1 heterocycles. The molecule has 0 aliphatic carbocycles. The van der Waals surface area contributed by atoms with Gasteiger partial charge in [-0.1, -0.05) is 30.3 Å². The number of aromatic nitrogens is 2. The molecular weight excluding hydrogens is 274 g/mol. The Morgan fingerprint density at radius 1 is 1.33 bits per heavy atom. The molecule has 21 heavy (non-hydrogen) atoms. The number of carbonyl (C=O) groups excluding carboxylic acids is 1. The van der Waals surface area contributed by atoms with Crippen molar-refractivity contribution in [2.75, 3.05) is 6.61 Å². The number of nitrogens with one attached hydrogen (secondary N) is 2. The number of H-pyrrole nitrogens is 1. The normalized spacial score (nSPS) is 13.4. The molecule has 4 N–H and O–H groups in total. The maximum absolute atomic E-state index is 12.2. The molecule has 0 fully saturated rings. The summed E-state index contributed by atoms with van der Waals surface area (Å²) in [4.78, 5) is 29.3. The van der Waals surface area contributed by atoms with Gasteiger partial charge in [-0.3, -0.25) is 4.79 Å². The maximum Gasteiger partial charge on any atom is 0.354 e.